The molecule has 5 atom stereocenters. The number of aryl methyl sites for hydroxylation is 2. The number of benzene rings is 1. The molecule has 0 radical (unpaired) electrons. The van der Waals surface area contributed by atoms with Crippen LogP contribution in [0.2, 0.25) is 0 Å². The normalized spacial score (nSPS) is 27.1. The number of nitrogens with one attached hydrogen (secondary N) is 1. The van der Waals surface area contributed by atoms with Crippen LogP contribution in [0.25, 0.3) is 0 Å². The van der Waals surface area contributed by atoms with Crippen molar-refractivity contribution in [3.05, 3.63) is 41.5 Å². The second-order valence-corrected chi connectivity index (χ2v) is 9.16. The Labute approximate surface area is 181 Å². The summed E-state index contributed by atoms with van der Waals surface area (Å²) in [4.78, 5) is 52.5. The number of carbonyl (C=O) groups is 4. The summed E-state index contributed by atoms with van der Waals surface area (Å²) < 4.78 is 5.27. The van der Waals surface area contributed by atoms with E-state index >= 15 is 0 Å². The number of nitrogens with zero attached hydrogens (tertiary/aromatic N) is 1. The molecular formula is C24H28N2O5. The Hall–Kier alpha value is -2.96. The van der Waals surface area contributed by atoms with Crippen molar-refractivity contribution in [1.82, 2.24) is 4.90 Å². The Balaban J connectivity index is 1.43. The number of esters is 1. The third-order valence-corrected chi connectivity index (χ3v) is 6.75. The molecule has 2 bridgehead atoms. The molecular weight excluding hydrogens is 396 g/mol. The van der Waals surface area contributed by atoms with E-state index in [1.54, 1.807) is 13.8 Å². The van der Waals surface area contributed by atoms with Crippen LogP contribution in [0.4, 0.5) is 5.69 Å². The van der Waals surface area contributed by atoms with Crippen LogP contribution in [0, 0.1) is 43.4 Å². The number of para-hydroxylation sites is 1. The van der Waals surface area contributed by atoms with Gasteiger partial charge < -0.3 is 10.1 Å². The van der Waals surface area contributed by atoms with Gasteiger partial charge in [-0.3, -0.25) is 19.3 Å². The van der Waals surface area contributed by atoms with Gasteiger partial charge in [0.15, 0.2) is 6.61 Å². The third kappa shape index (κ3) is 3.56. The molecule has 4 rings (SSSR count). The number of hydrogen-bond acceptors (Lipinski definition) is 5. The molecule has 3 aliphatic rings. The molecule has 1 aliphatic heterocycles. The maximum absolute atomic E-state index is 13.1. The predicted molar refractivity (Wildman–Crippen MR) is 114 cm³/mol. The van der Waals surface area contributed by atoms with Crippen LogP contribution in [0.5, 0.6) is 0 Å². The van der Waals surface area contributed by atoms with Gasteiger partial charge in [-0.1, -0.05) is 44.2 Å². The minimum Gasteiger partial charge on any atom is -0.454 e. The number of rotatable bonds is 6. The van der Waals surface area contributed by atoms with Crippen LogP contribution in [0.3, 0.4) is 0 Å². The van der Waals surface area contributed by atoms with Gasteiger partial charge in [-0.25, -0.2) is 4.79 Å². The Bertz CT molecular complexity index is 932. The third-order valence-electron chi connectivity index (χ3n) is 6.75. The van der Waals surface area contributed by atoms with Crippen LogP contribution in [-0.2, 0) is 23.9 Å². The maximum Gasteiger partial charge on any atom is 0.330 e. The molecule has 0 unspecified atom stereocenters. The summed E-state index contributed by atoms with van der Waals surface area (Å²) in [5.74, 6) is -2.70. The second kappa shape index (κ2) is 7.94. The molecule has 1 aromatic carbocycles. The number of hydrogen-bond donors (Lipinski definition) is 1. The van der Waals surface area contributed by atoms with E-state index in [1.165, 1.54) is 0 Å². The van der Waals surface area contributed by atoms with E-state index in [2.05, 4.69) is 5.32 Å². The van der Waals surface area contributed by atoms with Crippen molar-refractivity contribution in [2.24, 2.45) is 29.6 Å². The zero-order valence-electron chi connectivity index (χ0n) is 18.3. The van der Waals surface area contributed by atoms with E-state index in [4.69, 9.17) is 4.74 Å². The molecule has 0 aromatic heterocycles. The van der Waals surface area contributed by atoms with E-state index in [0.717, 1.165) is 22.4 Å². The number of amides is 3. The summed E-state index contributed by atoms with van der Waals surface area (Å²) in [5, 5.41) is 2.77. The number of anilines is 1. The van der Waals surface area contributed by atoms with Crippen LogP contribution in [0.15, 0.2) is 30.4 Å². The van der Waals surface area contributed by atoms with E-state index < -0.39 is 24.5 Å². The molecule has 31 heavy (non-hydrogen) atoms. The summed E-state index contributed by atoms with van der Waals surface area (Å²) in [5.41, 5.74) is 2.50. The smallest absolute Gasteiger partial charge is 0.330 e. The van der Waals surface area contributed by atoms with Crippen LogP contribution in [0.1, 0.15) is 31.4 Å². The van der Waals surface area contributed by atoms with Crippen molar-refractivity contribution in [2.45, 2.75) is 40.2 Å². The first-order valence-electron chi connectivity index (χ1n) is 10.8. The van der Waals surface area contributed by atoms with Crippen LogP contribution in [-0.4, -0.2) is 41.2 Å². The van der Waals surface area contributed by atoms with Crippen LogP contribution < -0.4 is 5.32 Å². The first kappa shape index (κ1) is 21.3. The molecule has 164 valence electrons. The minimum absolute atomic E-state index is 0.0726. The van der Waals surface area contributed by atoms with Crippen molar-refractivity contribution < 1.29 is 23.9 Å². The van der Waals surface area contributed by atoms with Gasteiger partial charge in [-0.15, -0.1) is 0 Å². The Morgan fingerprint density at radius 2 is 1.61 bits per heavy atom. The van der Waals surface area contributed by atoms with Gasteiger partial charge >= 0.3 is 5.97 Å². The Morgan fingerprint density at radius 1 is 1.06 bits per heavy atom. The summed E-state index contributed by atoms with van der Waals surface area (Å²) in [7, 11) is 0. The number of fused-ring (bicyclic) bond motifs is 5. The fraction of sp³-hybridized carbons (Fsp3) is 0.500. The Kier molecular flexibility index (Phi) is 5.45. The predicted octanol–water partition coefficient (Wildman–Crippen LogP) is 2.62. The molecule has 2 aliphatic carbocycles. The molecule has 0 spiro atoms. The van der Waals surface area contributed by atoms with Gasteiger partial charge in [0.2, 0.25) is 11.8 Å². The maximum atomic E-state index is 13.1. The highest BCUT2D eigenvalue weighted by Crippen LogP contribution is 2.53. The molecule has 1 heterocycles. The summed E-state index contributed by atoms with van der Waals surface area (Å²) in [6.07, 6.45) is 4.86. The monoisotopic (exact) mass is 424 g/mol. The van der Waals surface area contributed by atoms with E-state index in [0.29, 0.717) is 5.69 Å². The average Bonchev–Trinajstić information content (AvgIpc) is 3.39. The lowest BCUT2D eigenvalue weighted by molar-refractivity contribution is -0.162. The first-order chi connectivity index (χ1) is 14.7. The summed E-state index contributed by atoms with van der Waals surface area (Å²) in [6, 6.07) is 4.63. The average molecular weight is 424 g/mol. The summed E-state index contributed by atoms with van der Waals surface area (Å²) in [6.45, 7) is 6.82. The molecule has 7 heteroatoms. The van der Waals surface area contributed by atoms with Crippen LogP contribution >= 0.6 is 0 Å². The fourth-order valence-corrected chi connectivity index (χ4v) is 5.28. The van der Waals surface area contributed by atoms with Crippen molar-refractivity contribution in [1.29, 1.82) is 0 Å². The van der Waals surface area contributed by atoms with E-state index in [1.807, 2.05) is 44.2 Å². The largest absolute Gasteiger partial charge is 0.454 e. The fourth-order valence-electron chi connectivity index (χ4n) is 5.28. The lowest BCUT2D eigenvalue weighted by atomic mass is 9.85. The van der Waals surface area contributed by atoms with E-state index in [9.17, 15) is 19.2 Å². The zero-order chi connectivity index (χ0) is 22.4. The van der Waals surface area contributed by atoms with Gasteiger partial charge in [-0.05, 0) is 49.1 Å². The molecule has 7 nitrogen and oxygen atoms in total. The quantitative estimate of drug-likeness (QED) is 0.431. The molecule has 1 aromatic rings. The van der Waals surface area contributed by atoms with Gasteiger partial charge in [0, 0.05) is 5.69 Å². The highest BCUT2D eigenvalue weighted by atomic mass is 16.5. The number of carbonyl (C=O) groups excluding carboxylic acids is 4. The van der Waals surface area contributed by atoms with Gasteiger partial charge in [0.05, 0.1) is 11.8 Å². The number of ether oxygens (including phenoxy) is 1. The second-order valence-electron chi connectivity index (χ2n) is 9.16. The molecule has 1 saturated carbocycles. The van der Waals surface area contributed by atoms with Gasteiger partial charge in [-0.2, -0.15) is 0 Å². The number of allylic oxidation sites excluding steroid dienone is 2. The number of likely N-dealkylation sites (tertiary alicyclic amines) is 1. The van der Waals surface area contributed by atoms with Crippen molar-refractivity contribution in [3.63, 3.8) is 0 Å². The number of imide groups is 1. The Morgan fingerprint density at radius 3 is 2.13 bits per heavy atom. The zero-order valence-corrected chi connectivity index (χ0v) is 18.3. The van der Waals surface area contributed by atoms with Crippen molar-refractivity contribution >= 4 is 29.4 Å². The highest BCUT2D eigenvalue weighted by molar-refractivity contribution is 6.09. The highest BCUT2D eigenvalue weighted by Gasteiger charge is 2.61. The minimum atomic E-state index is -1.03. The lowest BCUT2D eigenvalue weighted by Crippen LogP contribution is -2.50. The molecule has 3 amide bonds. The van der Waals surface area contributed by atoms with Gasteiger partial charge in [0.25, 0.3) is 5.91 Å². The van der Waals surface area contributed by atoms with Crippen molar-refractivity contribution in [3.8, 4) is 0 Å². The molecule has 1 N–H and O–H groups in total. The molecule has 2 fully saturated rings. The lowest BCUT2D eigenvalue weighted by Gasteiger charge is -2.28. The van der Waals surface area contributed by atoms with Crippen molar-refractivity contribution in [2.75, 3.05) is 11.9 Å². The van der Waals surface area contributed by atoms with E-state index in [-0.39, 0.29) is 41.4 Å². The standard InChI is InChI=1S/C24H28N2O5/c1-12(2)21(26-22(28)18-15-8-9-16(10-15)19(18)23(26)29)24(30)31-11-17(27)25-20-13(3)6-5-7-14(20)4/h5-9,12,15-16,18-19,21H,10-11H2,1-4H3,(H,25,27)/t15-,16-,18-,19-,21-/m0/s1. The molecule has 1 saturated heterocycles. The van der Waals surface area contributed by atoms with Gasteiger partial charge in [0.1, 0.15) is 6.04 Å². The summed E-state index contributed by atoms with van der Waals surface area (Å²) >= 11 is 0. The SMILES string of the molecule is Cc1cccc(C)c1NC(=O)COC(=O)[C@H](C(C)C)N1C(=O)[C@@H]2[C@@H](C1=O)[C@H]1C=C[C@H]2C1. The topological polar surface area (TPSA) is 92.8 Å². The first-order valence-corrected chi connectivity index (χ1v) is 10.8.